The number of hydrogen-bond donors (Lipinski definition) is 0. The highest BCUT2D eigenvalue weighted by molar-refractivity contribution is 5.65. The number of aromatic nitrogens is 3. The van der Waals surface area contributed by atoms with Gasteiger partial charge in [0.2, 0.25) is 5.60 Å². The highest BCUT2D eigenvalue weighted by atomic mass is 19.1. The molecule has 2 heterocycles. The summed E-state index contributed by atoms with van der Waals surface area (Å²) in [6, 6.07) is 11.1. The molecule has 1 fully saturated rings. The van der Waals surface area contributed by atoms with Crippen LogP contribution in [0.4, 0.5) is 13.6 Å². The van der Waals surface area contributed by atoms with E-state index in [-0.39, 0.29) is 6.54 Å². The summed E-state index contributed by atoms with van der Waals surface area (Å²) in [6.07, 6.45) is 1.08. The lowest BCUT2D eigenvalue weighted by Crippen LogP contribution is -2.37. The third-order valence-corrected chi connectivity index (χ3v) is 4.27. The lowest BCUT2D eigenvalue weighted by molar-refractivity contribution is 0.00347. The van der Waals surface area contributed by atoms with Crippen molar-refractivity contribution in [3.05, 3.63) is 83.9 Å². The van der Waals surface area contributed by atoms with E-state index in [4.69, 9.17) is 9.47 Å². The summed E-state index contributed by atoms with van der Waals surface area (Å²) in [5.41, 5.74) is -0.243. The molecule has 2 atom stereocenters. The van der Waals surface area contributed by atoms with Crippen LogP contribution >= 0.6 is 0 Å². The summed E-state index contributed by atoms with van der Waals surface area (Å²) in [4.78, 5) is 15.9. The molecule has 0 bridgehead atoms. The molecule has 0 radical (unpaired) electrons. The van der Waals surface area contributed by atoms with Gasteiger partial charge < -0.3 is 9.47 Å². The molecular weight excluding hydrogens is 344 g/mol. The van der Waals surface area contributed by atoms with Gasteiger partial charge in [0.05, 0.1) is 6.54 Å². The zero-order chi connectivity index (χ0) is 18.1. The zero-order valence-electron chi connectivity index (χ0n) is 13.4. The molecular formula is C18H13F2N3O3. The van der Waals surface area contributed by atoms with Crippen molar-refractivity contribution in [1.82, 2.24) is 14.8 Å². The number of benzene rings is 2. The lowest BCUT2D eigenvalue weighted by atomic mass is 9.84. The molecule has 2 aromatic carbocycles. The standard InChI is InChI=1S/C18H13F2N3O3/c19-14-5-1-12(2-6-14)16-18(26-17(24)25-16,9-23-11-21-10-22-23)13-3-7-15(20)8-4-13/h1-8,10-11,16H,9H2. The van der Waals surface area contributed by atoms with Gasteiger partial charge in [-0.3, -0.25) is 0 Å². The maximum atomic E-state index is 13.4. The highest BCUT2D eigenvalue weighted by Gasteiger charge is 2.54. The maximum Gasteiger partial charge on any atom is 0.510 e. The monoisotopic (exact) mass is 357 g/mol. The Morgan fingerprint density at radius 1 is 1.04 bits per heavy atom. The van der Waals surface area contributed by atoms with Crippen LogP contribution in [-0.2, 0) is 21.6 Å². The van der Waals surface area contributed by atoms with E-state index in [1.54, 1.807) is 0 Å². The first-order valence-corrected chi connectivity index (χ1v) is 7.80. The Bertz CT molecular complexity index is 914. The summed E-state index contributed by atoms with van der Waals surface area (Å²) < 4.78 is 39.2. The first-order chi connectivity index (χ1) is 12.6. The minimum absolute atomic E-state index is 0.0897. The molecule has 1 aromatic heterocycles. The van der Waals surface area contributed by atoms with Gasteiger partial charge in [-0.1, -0.05) is 24.3 Å². The summed E-state index contributed by atoms with van der Waals surface area (Å²) in [5, 5.41) is 4.06. The summed E-state index contributed by atoms with van der Waals surface area (Å²) >= 11 is 0. The van der Waals surface area contributed by atoms with E-state index in [0.29, 0.717) is 11.1 Å². The highest BCUT2D eigenvalue weighted by Crippen LogP contribution is 2.47. The Hall–Kier alpha value is -3.29. The molecule has 0 aliphatic carbocycles. The average Bonchev–Trinajstić information content (AvgIpc) is 3.25. The van der Waals surface area contributed by atoms with Gasteiger partial charge in [0.25, 0.3) is 0 Å². The van der Waals surface area contributed by atoms with Crippen LogP contribution in [0, 0.1) is 11.6 Å². The molecule has 1 aliphatic heterocycles. The van der Waals surface area contributed by atoms with Gasteiger partial charge >= 0.3 is 6.16 Å². The van der Waals surface area contributed by atoms with E-state index in [9.17, 15) is 13.6 Å². The Kier molecular flexibility index (Phi) is 3.87. The normalized spacial score (nSPS) is 22.1. The van der Waals surface area contributed by atoms with E-state index in [2.05, 4.69) is 10.1 Å². The van der Waals surface area contributed by atoms with Crippen molar-refractivity contribution in [2.24, 2.45) is 0 Å². The maximum absolute atomic E-state index is 13.4. The van der Waals surface area contributed by atoms with Crippen LogP contribution < -0.4 is 0 Å². The molecule has 3 aromatic rings. The predicted molar refractivity (Wildman–Crippen MR) is 84.8 cm³/mol. The topological polar surface area (TPSA) is 66.2 Å². The van der Waals surface area contributed by atoms with Crippen LogP contribution in [0.1, 0.15) is 17.2 Å². The quantitative estimate of drug-likeness (QED) is 0.670. The van der Waals surface area contributed by atoms with E-state index < -0.39 is 29.5 Å². The zero-order valence-corrected chi connectivity index (χ0v) is 13.4. The van der Waals surface area contributed by atoms with Crippen molar-refractivity contribution in [2.75, 3.05) is 0 Å². The largest absolute Gasteiger partial charge is 0.510 e. The van der Waals surface area contributed by atoms with Gasteiger partial charge in [0, 0.05) is 5.56 Å². The molecule has 1 aliphatic rings. The van der Waals surface area contributed by atoms with Gasteiger partial charge in [0.1, 0.15) is 24.3 Å². The van der Waals surface area contributed by atoms with Crippen LogP contribution in [0.5, 0.6) is 0 Å². The third-order valence-electron chi connectivity index (χ3n) is 4.27. The second kappa shape index (κ2) is 6.21. The van der Waals surface area contributed by atoms with Crippen LogP contribution in [0.3, 0.4) is 0 Å². The van der Waals surface area contributed by atoms with E-state index in [1.807, 2.05) is 0 Å². The van der Waals surface area contributed by atoms with Crippen LogP contribution in [0.15, 0.2) is 61.2 Å². The lowest BCUT2D eigenvalue weighted by Gasteiger charge is -2.31. The molecule has 8 heteroatoms. The van der Waals surface area contributed by atoms with Crippen LogP contribution in [0.2, 0.25) is 0 Å². The third kappa shape index (κ3) is 2.79. The Morgan fingerprint density at radius 3 is 2.31 bits per heavy atom. The second-order valence-corrected chi connectivity index (χ2v) is 5.89. The number of hydrogen-bond acceptors (Lipinski definition) is 5. The number of carbonyl (C=O) groups excluding carboxylic acids is 1. The van der Waals surface area contributed by atoms with Crippen molar-refractivity contribution >= 4 is 6.16 Å². The Morgan fingerprint density at radius 2 is 1.69 bits per heavy atom. The number of nitrogens with zero attached hydrogens (tertiary/aromatic N) is 3. The first kappa shape index (κ1) is 16.2. The molecule has 0 spiro atoms. The number of ether oxygens (including phenoxy) is 2. The van der Waals surface area contributed by atoms with E-state index >= 15 is 0 Å². The Balaban J connectivity index is 1.85. The fraction of sp³-hybridized carbons (Fsp3) is 0.167. The number of cyclic esters (lactones) is 2. The van der Waals surface area contributed by atoms with Gasteiger partial charge in [0.15, 0.2) is 6.10 Å². The molecule has 2 unspecified atom stereocenters. The average molecular weight is 357 g/mol. The SMILES string of the molecule is O=C1OC(c2ccc(F)cc2)C(Cn2cncn2)(c2ccc(F)cc2)O1. The van der Waals surface area contributed by atoms with Crippen molar-refractivity contribution in [1.29, 1.82) is 0 Å². The minimum atomic E-state index is -1.31. The number of halogens is 2. The fourth-order valence-electron chi connectivity index (χ4n) is 3.10. The smallest absolute Gasteiger partial charge is 0.421 e. The van der Waals surface area contributed by atoms with E-state index in [1.165, 1.54) is 65.9 Å². The van der Waals surface area contributed by atoms with Crippen molar-refractivity contribution in [2.45, 2.75) is 18.2 Å². The molecule has 1 saturated heterocycles. The number of carbonyl (C=O) groups is 1. The van der Waals surface area contributed by atoms with Crippen molar-refractivity contribution < 1.29 is 23.0 Å². The molecule has 26 heavy (non-hydrogen) atoms. The molecule has 0 saturated carbocycles. The Labute approximate surface area is 147 Å². The minimum Gasteiger partial charge on any atom is -0.421 e. The van der Waals surface area contributed by atoms with E-state index in [0.717, 1.165) is 0 Å². The molecule has 6 nitrogen and oxygen atoms in total. The van der Waals surface area contributed by atoms with Crippen LogP contribution in [0.25, 0.3) is 0 Å². The van der Waals surface area contributed by atoms with Crippen molar-refractivity contribution in [3.8, 4) is 0 Å². The molecule has 4 rings (SSSR count). The second-order valence-electron chi connectivity index (χ2n) is 5.89. The van der Waals surface area contributed by atoms with Gasteiger partial charge in [-0.15, -0.1) is 0 Å². The summed E-state index contributed by atoms with van der Waals surface area (Å²) in [5.74, 6) is -0.837. The van der Waals surface area contributed by atoms with Gasteiger partial charge in [-0.05, 0) is 29.8 Å². The van der Waals surface area contributed by atoms with Gasteiger partial charge in [-0.25, -0.2) is 23.2 Å². The summed E-state index contributed by atoms with van der Waals surface area (Å²) in [7, 11) is 0. The predicted octanol–water partition coefficient (Wildman–Crippen LogP) is 3.36. The van der Waals surface area contributed by atoms with Gasteiger partial charge in [-0.2, -0.15) is 5.10 Å². The number of rotatable bonds is 4. The molecule has 0 N–H and O–H groups in total. The summed E-state index contributed by atoms with van der Waals surface area (Å²) in [6.45, 7) is 0.0897. The van der Waals surface area contributed by atoms with Crippen molar-refractivity contribution in [3.63, 3.8) is 0 Å². The first-order valence-electron chi connectivity index (χ1n) is 7.80. The fourth-order valence-corrected chi connectivity index (χ4v) is 3.10. The van der Waals surface area contributed by atoms with Crippen LogP contribution in [-0.4, -0.2) is 20.9 Å². The molecule has 0 amide bonds. The molecule has 132 valence electrons.